The van der Waals surface area contributed by atoms with Gasteiger partial charge in [0.05, 0.1) is 6.61 Å². The van der Waals surface area contributed by atoms with Gasteiger partial charge in [-0.2, -0.15) is 0 Å². The van der Waals surface area contributed by atoms with Crippen molar-refractivity contribution in [1.82, 2.24) is 4.98 Å². The molecule has 0 amide bonds. The third kappa shape index (κ3) is 3.10. The van der Waals surface area contributed by atoms with E-state index in [0.717, 1.165) is 16.3 Å². The molecule has 21 heavy (non-hydrogen) atoms. The molecule has 0 aliphatic carbocycles. The van der Waals surface area contributed by atoms with Crippen LogP contribution >= 0.6 is 0 Å². The summed E-state index contributed by atoms with van der Waals surface area (Å²) in [4.78, 5) is 27.7. The van der Waals surface area contributed by atoms with Crippen molar-refractivity contribution in [3.63, 3.8) is 0 Å². The zero-order valence-corrected chi connectivity index (χ0v) is 12.8. The summed E-state index contributed by atoms with van der Waals surface area (Å²) >= 11 is 0. The van der Waals surface area contributed by atoms with E-state index >= 15 is 0 Å². The molecule has 1 aromatic carbocycles. The van der Waals surface area contributed by atoms with Crippen LogP contribution in [0.4, 0.5) is 0 Å². The first-order valence-corrected chi connectivity index (χ1v) is 6.94. The SMILES string of the molecule is CCOC(=O)C(=O)c1ccc2c(C(C)(C)C)cncc2c1. The summed E-state index contributed by atoms with van der Waals surface area (Å²) in [6.45, 7) is 8.20. The van der Waals surface area contributed by atoms with E-state index in [4.69, 9.17) is 4.74 Å². The Balaban J connectivity index is 2.49. The molecule has 0 aliphatic heterocycles. The van der Waals surface area contributed by atoms with Crippen LogP contribution in [0.15, 0.2) is 30.6 Å². The molecular weight excluding hydrogens is 266 g/mol. The van der Waals surface area contributed by atoms with Crippen molar-refractivity contribution >= 4 is 22.5 Å². The van der Waals surface area contributed by atoms with Gasteiger partial charge in [0.2, 0.25) is 0 Å². The Morgan fingerprint density at radius 3 is 2.52 bits per heavy atom. The summed E-state index contributed by atoms with van der Waals surface area (Å²) in [6, 6.07) is 5.22. The van der Waals surface area contributed by atoms with Crippen molar-refractivity contribution in [3.05, 3.63) is 41.7 Å². The third-order valence-corrected chi connectivity index (χ3v) is 3.29. The molecule has 110 valence electrons. The molecule has 0 unspecified atom stereocenters. The second-order valence-corrected chi connectivity index (χ2v) is 5.92. The number of ether oxygens (including phenoxy) is 1. The summed E-state index contributed by atoms with van der Waals surface area (Å²) in [5, 5.41) is 1.88. The van der Waals surface area contributed by atoms with E-state index in [-0.39, 0.29) is 12.0 Å². The van der Waals surface area contributed by atoms with Crippen LogP contribution in [-0.4, -0.2) is 23.3 Å². The Morgan fingerprint density at radius 1 is 1.19 bits per heavy atom. The van der Waals surface area contributed by atoms with Crippen LogP contribution in [0.3, 0.4) is 0 Å². The molecule has 0 N–H and O–H groups in total. The molecule has 0 saturated carbocycles. The molecule has 0 radical (unpaired) electrons. The predicted molar refractivity (Wildman–Crippen MR) is 81.4 cm³/mol. The van der Waals surface area contributed by atoms with Gasteiger partial charge < -0.3 is 4.74 Å². The highest BCUT2D eigenvalue weighted by Gasteiger charge is 2.20. The molecule has 0 aliphatic rings. The zero-order valence-electron chi connectivity index (χ0n) is 12.8. The summed E-state index contributed by atoms with van der Waals surface area (Å²) in [5.74, 6) is -1.45. The van der Waals surface area contributed by atoms with Gasteiger partial charge in [-0.15, -0.1) is 0 Å². The van der Waals surface area contributed by atoms with E-state index in [1.54, 1.807) is 25.3 Å². The zero-order chi connectivity index (χ0) is 15.6. The van der Waals surface area contributed by atoms with Crippen LogP contribution in [0.25, 0.3) is 10.8 Å². The highest BCUT2D eigenvalue weighted by molar-refractivity contribution is 6.40. The fourth-order valence-corrected chi connectivity index (χ4v) is 2.23. The number of carbonyl (C=O) groups excluding carboxylic acids is 2. The normalized spacial score (nSPS) is 11.4. The van der Waals surface area contributed by atoms with Crippen molar-refractivity contribution in [2.24, 2.45) is 0 Å². The number of nitrogens with zero attached hydrogens (tertiary/aromatic N) is 1. The van der Waals surface area contributed by atoms with E-state index in [0.29, 0.717) is 5.56 Å². The predicted octanol–water partition coefficient (Wildman–Crippen LogP) is 3.28. The largest absolute Gasteiger partial charge is 0.460 e. The molecular formula is C17H19NO3. The maximum Gasteiger partial charge on any atom is 0.379 e. The van der Waals surface area contributed by atoms with E-state index in [1.807, 2.05) is 12.3 Å². The van der Waals surface area contributed by atoms with Gasteiger partial charge in [-0.3, -0.25) is 9.78 Å². The number of hydrogen-bond acceptors (Lipinski definition) is 4. The number of rotatable bonds is 3. The van der Waals surface area contributed by atoms with E-state index in [2.05, 4.69) is 25.8 Å². The molecule has 0 fully saturated rings. The smallest absolute Gasteiger partial charge is 0.379 e. The minimum Gasteiger partial charge on any atom is -0.460 e. The van der Waals surface area contributed by atoms with Gasteiger partial charge in [0, 0.05) is 23.3 Å². The van der Waals surface area contributed by atoms with Crippen molar-refractivity contribution in [1.29, 1.82) is 0 Å². The highest BCUT2D eigenvalue weighted by Crippen LogP contribution is 2.29. The number of hydrogen-bond donors (Lipinski definition) is 0. The molecule has 0 spiro atoms. The topological polar surface area (TPSA) is 56.3 Å². The molecule has 0 saturated heterocycles. The molecule has 1 aromatic heterocycles. The minimum atomic E-state index is -0.822. The number of fused-ring (bicyclic) bond motifs is 1. The summed E-state index contributed by atoms with van der Waals surface area (Å²) < 4.78 is 4.74. The number of ketones is 1. The molecule has 0 atom stereocenters. The molecule has 2 aromatic rings. The second-order valence-electron chi connectivity index (χ2n) is 5.92. The quantitative estimate of drug-likeness (QED) is 0.493. The van der Waals surface area contributed by atoms with Gasteiger partial charge >= 0.3 is 5.97 Å². The third-order valence-electron chi connectivity index (χ3n) is 3.29. The minimum absolute atomic E-state index is 0.0425. The van der Waals surface area contributed by atoms with Crippen LogP contribution in [0.1, 0.15) is 43.6 Å². The van der Waals surface area contributed by atoms with Crippen molar-refractivity contribution in [2.45, 2.75) is 33.1 Å². The van der Waals surface area contributed by atoms with Crippen LogP contribution in [0, 0.1) is 0 Å². The highest BCUT2D eigenvalue weighted by atomic mass is 16.5. The number of carbonyl (C=O) groups is 2. The Morgan fingerprint density at radius 2 is 1.90 bits per heavy atom. The van der Waals surface area contributed by atoms with Gasteiger partial charge in [-0.25, -0.2) is 4.79 Å². The van der Waals surface area contributed by atoms with Gasteiger partial charge in [-0.1, -0.05) is 32.9 Å². The maximum atomic E-state index is 12.0. The summed E-state index contributed by atoms with van der Waals surface area (Å²) in [7, 11) is 0. The standard InChI is InChI=1S/C17H19NO3/c1-5-21-16(20)15(19)11-6-7-13-12(8-11)9-18-10-14(13)17(2,3)4/h6-10H,5H2,1-4H3. The molecule has 0 bridgehead atoms. The number of aromatic nitrogens is 1. The van der Waals surface area contributed by atoms with E-state index in [9.17, 15) is 9.59 Å². The number of Topliss-reactive ketones (excluding diaryl/α,β-unsaturated/α-hetero) is 1. The molecule has 4 heteroatoms. The number of benzene rings is 1. The van der Waals surface area contributed by atoms with Crippen molar-refractivity contribution in [3.8, 4) is 0 Å². The lowest BCUT2D eigenvalue weighted by atomic mass is 9.85. The van der Waals surface area contributed by atoms with Crippen LogP contribution in [0.5, 0.6) is 0 Å². The maximum absolute atomic E-state index is 12.0. The van der Waals surface area contributed by atoms with Crippen LogP contribution in [0.2, 0.25) is 0 Å². The van der Waals surface area contributed by atoms with Gasteiger partial charge in [-0.05, 0) is 29.4 Å². The lowest BCUT2D eigenvalue weighted by Crippen LogP contribution is -2.17. The number of esters is 1. The van der Waals surface area contributed by atoms with Gasteiger partial charge in [0.1, 0.15) is 0 Å². The lowest BCUT2D eigenvalue weighted by molar-refractivity contribution is -0.137. The van der Waals surface area contributed by atoms with Crippen molar-refractivity contribution < 1.29 is 14.3 Å². The Kier molecular flexibility index (Phi) is 4.07. The van der Waals surface area contributed by atoms with Gasteiger partial charge in [0.25, 0.3) is 5.78 Å². The summed E-state index contributed by atoms with van der Waals surface area (Å²) in [5.41, 5.74) is 1.39. The average molecular weight is 285 g/mol. The molecule has 4 nitrogen and oxygen atoms in total. The van der Waals surface area contributed by atoms with Crippen LogP contribution < -0.4 is 0 Å². The Labute approximate surface area is 124 Å². The van der Waals surface area contributed by atoms with Crippen LogP contribution in [-0.2, 0) is 14.9 Å². The Hall–Kier alpha value is -2.23. The van der Waals surface area contributed by atoms with E-state index in [1.165, 1.54) is 0 Å². The van der Waals surface area contributed by atoms with Gasteiger partial charge in [0.15, 0.2) is 0 Å². The lowest BCUT2D eigenvalue weighted by Gasteiger charge is -2.20. The molecule has 2 rings (SSSR count). The first-order valence-electron chi connectivity index (χ1n) is 6.94. The Bertz CT molecular complexity index is 699. The number of pyridine rings is 1. The first-order chi connectivity index (χ1) is 9.84. The second kappa shape index (κ2) is 5.64. The monoisotopic (exact) mass is 285 g/mol. The fraction of sp³-hybridized carbons (Fsp3) is 0.353. The average Bonchev–Trinajstić information content (AvgIpc) is 2.44. The van der Waals surface area contributed by atoms with Crippen molar-refractivity contribution in [2.75, 3.05) is 6.61 Å². The molecule has 1 heterocycles. The first kappa shape index (κ1) is 15.2. The van der Waals surface area contributed by atoms with E-state index < -0.39 is 11.8 Å². The summed E-state index contributed by atoms with van der Waals surface area (Å²) in [6.07, 6.45) is 3.54. The fourth-order valence-electron chi connectivity index (χ4n) is 2.23.